The first kappa shape index (κ1) is 25.3. The Labute approximate surface area is 182 Å². The van der Waals surface area contributed by atoms with Crippen LogP contribution in [0.2, 0.25) is 0 Å². The molecule has 0 spiro atoms. The van der Waals surface area contributed by atoms with Crippen molar-refractivity contribution in [2.75, 3.05) is 20.2 Å². The number of hydrogen-bond acceptors (Lipinski definition) is 3. The molecule has 172 valence electrons. The lowest BCUT2D eigenvalue weighted by atomic mass is 9.85. The smallest absolute Gasteiger partial charge is 0.416 e. The Morgan fingerprint density at radius 1 is 1.00 bits per heavy atom. The number of nitrogens with zero attached hydrogens (tertiary/aromatic N) is 1. The molecule has 0 radical (unpaired) electrons. The Bertz CT molecular complexity index is 870. The normalized spacial score (nSPS) is 20.3. The summed E-state index contributed by atoms with van der Waals surface area (Å²) in [7, 11) is 1.49. The largest absolute Gasteiger partial charge is 0.497 e. The molecule has 31 heavy (non-hydrogen) atoms. The van der Waals surface area contributed by atoms with E-state index in [1.54, 1.807) is 29.2 Å². The average molecular weight is 470 g/mol. The van der Waals surface area contributed by atoms with Gasteiger partial charge in [-0.2, -0.15) is 26.3 Å². The summed E-state index contributed by atoms with van der Waals surface area (Å²) < 4.78 is 83.8. The van der Waals surface area contributed by atoms with Crippen molar-refractivity contribution in [3.05, 3.63) is 64.7 Å². The van der Waals surface area contributed by atoms with Gasteiger partial charge in [0.15, 0.2) is 0 Å². The molecule has 0 aliphatic carbocycles. The second-order valence-electron chi connectivity index (χ2n) is 7.49. The van der Waals surface area contributed by atoms with E-state index in [-0.39, 0.29) is 37.1 Å². The minimum Gasteiger partial charge on any atom is -0.497 e. The van der Waals surface area contributed by atoms with Crippen LogP contribution in [0.4, 0.5) is 26.3 Å². The van der Waals surface area contributed by atoms with E-state index in [1.165, 1.54) is 7.11 Å². The van der Waals surface area contributed by atoms with E-state index in [4.69, 9.17) is 4.74 Å². The number of piperidine rings is 1. The summed E-state index contributed by atoms with van der Waals surface area (Å²) in [6, 6.07) is 8.41. The molecule has 1 atom stereocenters. The first-order chi connectivity index (χ1) is 13.9. The van der Waals surface area contributed by atoms with E-state index in [2.05, 4.69) is 0 Å². The van der Waals surface area contributed by atoms with E-state index in [1.807, 2.05) is 0 Å². The SMILES string of the molecule is COc1cccc(C2(O)CCCN(Cc3cc(C(F)(F)F)cc(C(F)(F)F)c3)C2)c1.Cl. The van der Waals surface area contributed by atoms with Gasteiger partial charge in [0.2, 0.25) is 0 Å². The van der Waals surface area contributed by atoms with Crippen LogP contribution in [0.15, 0.2) is 42.5 Å². The predicted molar refractivity (Wildman–Crippen MR) is 105 cm³/mol. The lowest BCUT2D eigenvalue weighted by Gasteiger charge is -2.39. The maximum Gasteiger partial charge on any atom is 0.416 e. The van der Waals surface area contributed by atoms with Gasteiger partial charge >= 0.3 is 12.4 Å². The highest BCUT2D eigenvalue weighted by atomic mass is 35.5. The fraction of sp³-hybridized carbons (Fsp3) is 0.429. The van der Waals surface area contributed by atoms with Crippen LogP contribution in [0.25, 0.3) is 0 Å². The Morgan fingerprint density at radius 2 is 1.61 bits per heavy atom. The minimum absolute atomic E-state index is 0. The Morgan fingerprint density at radius 3 is 2.16 bits per heavy atom. The van der Waals surface area contributed by atoms with Gasteiger partial charge in [-0.05, 0) is 60.8 Å². The molecule has 1 saturated heterocycles. The second-order valence-corrected chi connectivity index (χ2v) is 7.49. The van der Waals surface area contributed by atoms with Crippen LogP contribution in [0.5, 0.6) is 5.75 Å². The first-order valence-electron chi connectivity index (χ1n) is 9.28. The molecule has 3 rings (SSSR count). The number of ether oxygens (including phenoxy) is 1. The van der Waals surface area contributed by atoms with Crippen molar-refractivity contribution in [2.45, 2.75) is 37.3 Å². The average Bonchev–Trinajstić information content (AvgIpc) is 2.66. The molecule has 2 aromatic rings. The van der Waals surface area contributed by atoms with Crippen LogP contribution >= 0.6 is 12.4 Å². The topological polar surface area (TPSA) is 32.7 Å². The van der Waals surface area contributed by atoms with Gasteiger partial charge in [0.25, 0.3) is 0 Å². The number of rotatable bonds is 4. The highest BCUT2D eigenvalue weighted by Gasteiger charge is 2.38. The number of hydrogen-bond donors (Lipinski definition) is 1. The van der Waals surface area contributed by atoms with Crippen LogP contribution in [-0.2, 0) is 24.5 Å². The maximum absolute atomic E-state index is 13.1. The zero-order chi connectivity index (χ0) is 22.2. The van der Waals surface area contributed by atoms with E-state index >= 15 is 0 Å². The molecule has 1 heterocycles. The minimum atomic E-state index is -4.89. The zero-order valence-corrected chi connectivity index (χ0v) is 17.4. The molecule has 1 unspecified atom stereocenters. The monoisotopic (exact) mass is 469 g/mol. The summed E-state index contributed by atoms with van der Waals surface area (Å²) in [6.07, 6.45) is -8.82. The summed E-state index contributed by atoms with van der Waals surface area (Å²) in [5, 5.41) is 11.1. The van der Waals surface area contributed by atoms with Gasteiger partial charge < -0.3 is 9.84 Å². The highest BCUT2D eigenvalue weighted by Crippen LogP contribution is 2.38. The van der Waals surface area contributed by atoms with Gasteiger partial charge in [0, 0.05) is 13.1 Å². The molecule has 0 bridgehead atoms. The van der Waals surface area contributed by atoms with Gasteiger partial charge in [-0.15, -0.1) is 12.4 Å². The molecule has 3 nitrogen and oxygen atoms in total. The molecule has 10 heteroatoms. The highest BCUT2D eigenvalue weighted by molar-refractivity contribution is 5.85. The first-order valence-corrected chi connectivity index (χ1v) is 9.28. The van der Waals surface area contributed by atoms with Crippen LogP contribution in [0, 0.1) is 0 Å². The van der Waals surface area contributed by atoms with E-state index in [0.717, 1.165) is 12.1 Å². The summed E-state index contributed by atoms with van der Waals surface area (Å²) >= 11 is 0. The van der Waals surface area contributed by atoms with Crippen molar-refractivity contribution in [1.29, 1.82) is 0 Å². The van der Waals surface area contributed by atoms with Gasteiger partial charge in [-0.25, -0.2) is 0 Å². The summed E-state index contributed by atoms with van der Waals surface area (Å²) in [4.78, 5) is 1.67. The Balaban J connectivity index is 0.00000341. The molecule has 0 saturated carbocycles. The number of methoxy groups -OCH3 is 1. The van der Waals surface area contributed by atoms with Crippen molar-refractivity contribution in [3.8, 4) is 5.75 Å². The molecule has 1 aliphatic heterocycles. The van der Waals surface area contributed by atoms with Crippen LogP contribution in [0.1, 0.15) is 35.1 Å². The van der Waals surface area contributed by atoms with Gasteiger partial charge in [0.1, 0.15) is 11.4 Å². The van der Waals surface area contributed by atoms with Crippen LogP contribution < -0.4 is 4.74 Å². The predicted octanol–water partition coefficient (Wildman–Crippen LogP) is 5.64. The van der Waals surface area contributed by atoms with E-state index in [9.17, 15) is 31.4 Å². The van der Waals surface area contributed by atoms with Crippen LogP contribution in [0.3, 0.4) is 0 Å². The Kier molecular flexibility index (Phi) is 7.55. The van der Waals surface area contributed by atoms with Crippen molar-refractivity contribution < 1.29 is 36.2 Å². The molecule has 1 fully saturated rings. The quantitative estimate of drug-likeness (QED) is 0.588. The Hall–Kier alpha value is -1.97. The molecular weight excluding hydrogens is 448 g/mol. The van der Waals surface area contributed by atoms with Crippen molar-refractivity contribution in [2.24, 2.45) is 0 Å². The third-order valence-corrected chi connectivity index (χ3v) is 5.21. The summed E-state index contributed by atoms with van der Waals surface area (Å²) in [5.74, 6) is 0.547. The summed E-state index contributed by atoms with van der Waals surface area (Å²) in [5.41, 5.74) is -3.47. The standard InChI is InChI=1S/C21H21F6NO2.ClH/c1-30-18-5-2-4-15(11-18)19(29)6-3-7-28(13-19)12-14-8-16(20(22,23)24)10-17(9-14)21(25,26)27;/h2,4-5,8-11,29H,3,6-7,12-13H2,1H3;1H. The van der Waals surface area contributed by atoms with E-state index in [0.29, 0.717) is 30.7 Å². The zero-order valence-electron chi connectivity index (χ0n) is 16.6. The number of aliphatic hydroxyl groups is 1. The lowest BCUT2D eigenvalue weighted by Crippen LogP contribution is -2.45. The van der Waals surface area contributed by atoms with Gasteiger partial charge in [0.05, 0.1) is 18.2 Å². The van der Waals surface area contributed by atoms with Crippen molar-refractivity contribution >= 4 is 12.4 Å². The molecule has 2 aromatic carbocycles. The number of likely N-dealkylation sites (tertiary alicyclic amines) is 1. The number of β-amino-alcohol motifs (C(OH)–C–C–N with tert-alkyl or cyclic N) is 1. The summed E-state index contributed by atoms with van der Waals surface area (Å²) in [6.45, 7) is 0.390. The van der Waals surface area contributed by atoms with E-state index < -0.39 is 29.1 Å². The number of halogens is 7. The molecule has 1 N–H and O–H groups in total. The fourth-order valence-corrected chi connectivity index (χ4v) is 3.78. The lowest BCUT2D eigenvalue weighted by molar-refractivity contribution is -0.143. The fourth-order valence-electron chi connectivity index (χ4n) is 3.78. The van der Waals surface area contributed by atoms with Crippen molar-refractivity contribution in [1.82, 2.24) is 4.90 Å². The third kappa shape index (κ3) is 6.05. The van der Waals surface area contributed by atoms with Crippen molar-refractivity contribution in [3.63, 3.8) is 0 Å². The molecule has 1 aliphatic rings. The number of alkyl halides is 6. The molecular formula is C21H22ClF6NO2. The van der Waals surface area contributed by atoms with Crippen LogP contribution in [-0.4, -0.2) is 30.2 Å². The second kappa shape index (κ2) is 9.26. The van der Waals surface area contributed by atoms with Gasteiger partial charge in [-0.1, -0.05) is 12.1 Å². The van der Waals surface area contributed by atoms with Gasteiger partial charge in [-0.3, -0.25) is 4.90 Å². The number of benzene rings is 2. The molecule has 0 amide bonds. The maximum atomic E-state index is 13.1. The third-order valence-electron chi connectivity index (χ3n) is 5.21. The molecule has 0 aromatic heterocycles.